The summed E-state index contributed by atoms with van der Waals surface area (Å²) in [7, 11) is -3.66. The zero-order valence-corrected chi connectivity index (χ0v) is 38.4. The highest BCUT2D eigenvalue weighted by Gasteiger charge is 2.21. The number of anilines is 2. The van der Waals surface area contributed by atoms with Crippen molar-refractivity contribution < 1.29 is 13.2 Å². The van der Waals surface area contributed by atoms with Crippen molar-refractivity contribution in [1.82, 2.24) is 29.5 Å². The van der Waals surface area contributed by atoms with Gasteiger partial charge in [0, 0.05) is 59.4 Å². The van der Waals surface area contributed by atoms with Crippen LogP contribution in [-0.4, -0.2) is 58.2 Å². The van der Waals surface area contributed by atoms with E-state index >= 15 is 0 Å². The van der Waals surface area contributed by atoms with E-state index in [1.807, 2.05) is 22.1 Å². The Morgan fingerprint density at radius 1 is 0.871 bits per heavy atom. The van der Waals surface area contributed by atoms with Crippen LogP contribution >= 0.6 is 34.0 Å². The number of amides is 1. The molecule has 3 aromatic carbocycles. The molecule has 0 saturated carbocycles. The monoisotopic (exact) mass is 904 g/mol. The number of unbranched alkanes of at least 4 members (excludes halogenated alkanes) is 5. The van der Waals surface area contributed by atoms with Crippen molar-refractivity contribution in [1.29, 1.82) is 0 Å². The van der Waals surface area contributed by atoms with Crippen LogP contribution in [0.1, 0.15) is 79.2 Å². The molecule has 6 heterocycles. The molecule has 0 atom stereocenters. The molecule has 62 heavy (non-hydrogen) atoms. The second-order valence-electron chi connectivity index (χ2n) is 16.2. The van der Waals surface area contributed by atoms with Crippen molar-refractivity contribution in [3.05, 3.63) is 112 Å². The molecule has 322 valence electrons. The number of fused-ring (bicyclic) bond motifs is 5. The number of aryl methyl sites for hydroxylation is 3. The Morgan fingerprint density at radius 3 is 2.56 bits per heavy atom. The van der Waals surface area contributed by atoms with Crippen molar-refractivity contribution in [2.24, 2.45) is 0 Å². The van der Waals surface area contributed by atoms with Gasteiger partial charge >= 0.3 is 0 Å². The minimum atomic E-state index is -3.66. The van der Waals surface area contributed by atoms with E-state index in [9.17, 15) is 13.2 Å². The number of benzene rings is 3. The molecule has 5 aromatic heterocycles. The molecule has 8 aromatic rings. The number of hydrogen-bond donors (Lipinski definition) is 3. The standard InChI is InChI=1S/C47H52N8O3S4/c1-3-54-41-18-13-33(25-38(41)37-16-14-34(26-42(37)54)43-24-32(2)31-60-43)29-48-19-8-6-4-5-7-9-20-53-21-11-22-55-36(30-53)28-40(51-55)46(56)50-47-49-39-17-15-35(27-44(39)61-47)52-62(57,58)45-12-10-23-59-45/h10,12-18,23-28,31,48,52H,3-9,11,19-22,29-30H2,1-2H3,(H,49,50,56). The van der Waals surface area contributed by atoms with Crippen LogP contribution in [0.2, 0.25) is 0 Å². The molecule has 0 spiro atoms. The van der Waals surface area contributed by atoms with Gasteiger partial charge in [0.2, 0.25) is 0 Å². The number of rotatable bonds is 18. The van der Waals surface area contributed by atoms with E-state index in [0.29, 0.717) is 22.0 Å². The van der Waals surface area contributed by atoms with E-state index in [4.69, 9.17) is 0 Å². The van der Waals surface area contributed by atoms with Gasteiger partial charge in [-0.15, -0.1) is 22.7 Å². The number of hydrogen-bond acceptors (Lipinski definition) is 10. The third kappa shape index (κ3) is 9.53. The molecular weight excluding hydrogens is 853 g/mol. The third-order valence-electron chi connectivity index (χ3n) is 11.6. The van der Waals surface area contributed by atoms with Crippen molar-refractivity contribution in [3.8, 4) is 10.4 Å². The number of nitrogens with one attached hydrogen (secondary N) is 3. The lowest BCUT2D eigenvalue weighted by Gasteiger charge is -2.19. The molecule has 3 N–H and O–H groups in total. The molecule has 9 rings (SSSR count). The maximum absolute atomic E-state index is 13.3. The Kier molecular flexibility index (Phi) is 12.9. The van der Waals surface area contributed by atoms with Crippen molar-refractivity contribution in [2.75, 3.05) is 29.7 Å². The molecule has 0 unspecified atom stereocenters. The van der Waals surface area contributed by atoms with Crippen LogP contribution < -0.4 is 15.4 Å². The Hall–Kier alpha value is -4.90. The Balaban J connectivity index is 0.685. The van der Waals surface area contributed by atoms with Crippen LogP contribution in [0.3, 0.4) is 0 Å². The first-order valence-corrected chi connectivity index (χ1v) is 25.6. The second-order valence-corrected chi connectivity index (χ2v) is 21.0. The molecule has 0 bridgehead atoms. The number of aromatic nitrogens is 4. The van der Waals surface area contributed by atoms with Gasteiger partial charge < -0.3 is 9.88 Å². The predicted molar refractivity (Wildman–Crippen MR) is 257 cm³/mol. The first kappa shape index (κ1) is 42.4. The Morgan fingerprint density at radius 2 is 1.74 bits per heavy atom. The van der Waals surface area contributed by atoms with E-state index < -0.39 is 10.0 Å². The zero-order chi connectivity index (χ0) is 42.6. The quantitative estimate of drug-likeness (QED) is 0.0732. The lowest BCUT2D eigenvalue weighted by molar-refractivity contribution is 0.102. The summed E-state index contributed by atoms with van der Waals surface area (Å²) in [5.41, 5.74) is 9.12. The highest BCUT2D eigenvalue weighted by Crippen LogP contribution is 2.35. The van der Waals surface area contributed by atoms with Gasteiger partial charge in [0.15, 0.2) is 10.8 Å². The number of nitrogens with zero attached hydrogens (tertiary/aromatic N) is 5. The fourth-order valence-electron chi connectivity index (χ4n) is 8.51. The van der Waals surface area contributed by atoms with E-state index in [1.54, 1.807) is 35.7 Å². The van der Waals surface area contributed by atoms with Gasteiger partial charge in [0.1, 0.15) is 4.21 Å². The predicted octanol–water partition coefficient (Wildman–Crippen LogP) is 11.1. The van der Waals surface area contributed by atoms with Crippen LogP contribution in [0.15, 0.2) is 93.8 Å². The second kappa shape index (κ2) is 18.8. The summed E-state index contributed by atoms with van der Waals surface area (Å²) < 4.78 is 33.4. The van der Waals surface area contributed by atoms with E-state index in [-0.39, 0.29) is 10.1 Å². The van der Waals surface area contributed by atoms with Crippen molar-refractivity contribution in [3.63, 3.8) is 0 Å². The van der Waals surface area contributed by atoms with Gasteiger partial charge in [-0.3, -0.25) is 24.4 Å². The number of carbonyl (C=O) groups excluding carboxylic acids is 1. The molecule has 0 radical (unpaired) electrons. The zero-order valence-electron chi connectivity index (χ0n) is 35.2. The van der Waals surface area contributed by atoms with Gasteiger partial charge in [0.05, 0.1) is 21.6 Å². The van der Waals surface area contributed by atoms with Gasteiger partial charge in [-0.1, -0.05) is 61.3 Å². The summed E-state index contributed by atoms with van der Waals surface area (Å²) in [4.78, 5) is 21.7. The molecular formula is C47H52N8O3S4. The van der Waals surface area contributed by atoms with Gasteiger partial charge in [0.25, 0.3) is 15.9 Å². The summed E-state index contributed by atoms with van der Waals surface area (Å²) in [6, 6.07) is 26.5. The number of carbonyl (C=O) groups is 1. The number of thiazole rings is 1. The minimum Gasteiger partial charge on any atom is -0.341 e. The van der Waals surface area contributed by atoms with Gasteiger partial charge in [-0.25, -0.2) is 13.4 Å². The minimum absolute atomic E-state index is 0.249. The molecule has 0 aliphatic carbocycles. The molecule has 11 nitrogen and oxygen atoms in total. The largest absolute Gasteiger partial charge is 0.341 e. The van der Waals surface area contributed by atoms with E-state index in [0.717, 1.165) is 74.0 Å². The molecule has 1 aliphatic heterocycles. The number of thiophene rings is 2. The fraction of sp³-hybridized carbons (Fsp3) is 0.340. The summed E-state index contributed by atoms with van der Waals surface area (Å²) >= 11 is 4.27. The average molecular weight is 905 g/mol. The van der Waals surface area contributed by atoms with Crippen LogP contribution in [0.25, 0.3) is 42.5 Å². The van der Waals surface area contributed by atoms with Crippen molar-refractivity contribution >= 4 is 92.8 Å². The van der Waals surface area contributed by atoms with Gasteiger partial charge in [-0.2, -0.15) is 5.10 Å². The van der Waals surface area contributed by atoms with Crippen molar-refractivity contribution in [2.45, 2.75) is 89.2 Å². The normalized spacial score (nSPS) is 13.6. The van der Waals surface area contributed by atoms with Crippen LogP contribution in [-0.2, 0) is 36.2 Å². The Bertz CT molecular complexity index is 2940. The number of sulfonamides is 1. The summed E-state index contributed by atoms with van der Waals surface area (Å²) in [5, 5.41) is 18.3. The van der Waals surface area contributed by atoms with E-state index in [1.165, 1.54) is 93.2 Å². The first-order valence-electron chi connectivity index (χ1n) is 21.6. The molecule has 15 heteroatoms. The van der Waals surface area contributed by atoms with Crippen LogP contribution in [0, 0.1) is 6.92 Å². The summed E-state index contributed by atoms with van der Waals surface area (Å²) in [6.07, 6.45) is 8.32. The molecule has 1 aliphatic rings. The SMILES string of the molecule is CCn1c2ccc(CNCCCCCCCCN3CCCn4nc(C(=O)Nc5nc6ccc(NS(=O)(=O)c7cccs7)cc6s5)cc4C3)cc2c2ccc(-c3cc(C)cs3)cc21. The van der Waals surface area contributed by atoms with Crippen LogP contribution in [0.5, 0.6) is 0 Å². The summed E-state index contributed by atoms with van der Waals surface area (Å²) in [5.74, 6) is -0.304. The first-order chi connectivity index (χ1) is 30.2. The molecule has 0 fully saturated rings. The Labute approximate surface area is 374 Å². The molecule has 0 saturated heterocycles. The highest BCUT2D eigenvalue weighted by molar-refractivity contribution is 7.94. The maximum atomic E-state index is 13.3. The van der Waals surface area contributed by atoms with E-state index in [2.05, 4.69) is 96.6 Å². The third-order valence-corrected chi connectivity index (χ3v) is 16.4. The summed E-state index contributed by atoms with van der Waals surface area (Å²) in [6.45, 7) is 10.9. The highest BCUT2D eigenvalue weighted by atomic mass is 32.2. The lowest BCUT2D eigenvalue weighted by Crippen LogP contribution is -2.24. The lowest BCUT2D eigenvalue weighted by atomic mass is 10.1. The smallest absolute Gasteiger partial charge is 0.277 e. The molecule has 1 amide bonds. The average Bonchev–Trinajstić information content (AvgIpc) is 4.11. The van der Waals surface area contributed by atoms with Gasteiger partial charge in [-0.05, 0) is 128 Å². The topological polar surface area (TPSA) is 126 Å². The maximum Gasteiger partial charge on any atom is 0.277 e. The fourth-order valence-corrected chi connectivity index (χ4v) is 12.4. The van der Waals surface area contributed by atoms with Crippen LogP contribution in [0.4, 0.5) is 10.8 Å².